The van der Waals surface area contributed by atoms with Gasteiger partial charge in [0.05, 0.1) is 0 Å². The van der Waals surface area contributed by atoms with Crippen LogP contribution in [0.3, 0.4) is 0 Å². The summed E-state index contributed by atoms with van der Waals surface area (Å²) in [5, 5.41) is 0. The molecular formula is C10H14O4. The van der Waals surface area contributed by atoms with Gasteiger partial charge in [-0.05, 0) is 12.8 Å². The molecule has 4 nitrogen and oxygen atoms in total. The van der Waals surface area contributed by atoms with Crippen LogP contribution in [0.1, 0.15) is 39.0 Å². The summed E-state index contributed by atoms with van der Waals surface area (Å²) in [6.07, 6.45) is 3.41. The highest BCUT2D eigenvalue weighted by Gasteiger charge is 2.48. The fraction of sp³-hybridized carbons (Fsp3) is 0.800. The molecule has 2 rings (SSSR count). The van der Waals surface area contributed by atoms with E-state index in [1.165, 1.54) is 0 Å². The zero-order valence-electron chi connectivity index (χ0n) is 8.25. The lowest BCUT2D eigenvalue weighted by Crippen LogP contribution is -2.51. The largest absolute Gasteiger partial charge is 0.422 e. The number of carbonyl (C=O) groups excluding carboxylic acids is 2. The first-order chi connectivity index (χ1) is 6.62. The van der Waals surface area contributed by atoms with E-state index in [4.69, 9.17) is 9.47 Å². The second-order valence-corrected chi connectivity index (χ2v) is 4.08. The van der Waals surface area contributed by atoms with Gasteiger partial charge < -0.3 is 9.47 Å². The number of ether oxygens (including phenoxy) is 2. The van der Waals surface area contributed by atoms with Crippen molar-refractivity contribution < 1.29 is 19.1 Å². The molecule has 0 bridgehead atoms. The minimum atomic E-state index is -0.940. The topological polar surface area (TPSA) is 52.6 Å². The summed E-state index contributed by atoms with van der Waals surface area (Å²) in [4.78, 5) is 22.3. The highest BCUT2D eigenvalue weighted by atomic mass is 16.7. The number of carbonyl (C=O) groups is 2. The Balaban J connectivity index is 2.19. The van der Waals surface area contributed by atoms with Crippen molar-refractivity contribution in [3.05, 3.63) is 0 Å². The van der Waals surface area contributed by atoms with E-state index in [-0.39, 0.29) is 12.3 Å². The van der Waals surface area contributed by atoms with Crippen molar-refractivity contribution >= 4 is 11.9 Å². The molecule has 1 aliphatic carbocycles. The van der Waals surface area contributed by atoms with Gasteiger partial charge in [0, 0.05) is 12.3 Å². The fourth-order valence-electron chi connectivity index (χ4n) is 2.19. The normalized spacial score (nSPS) is 31.1. The van der Waals surface area contributed by atoms with E-state index >= 15 is 0 Å². The van der Waals surface area contributed by atoms with Gasteiger partial charge in [-0.15, -0.1) is 0 Å². The average molecular weight is 198 g/mol. The van der Waals surface area contributed by atoms with E-state index in [9.17, 15) is 9.59 Å². The van der Waals surface area contributed by atoms with Crippen molar-refractivity contribution in [2.75, 3.05) is 0 Å². The molecule has 1 saturated carbocycles. The third kappa shape index (κ3) is 1.49. The standard InChI is InChI=1S/C10H14O4/c1-7-4-2-3-5-10(7)13-8(11)6-9(12)14-10/h7H,2-6H2,1H3. The Morgan fingerprint density at radius 3 is 2.43 bits per heavy atom. The quantitative estimate of drug-likeness (QED) is 0.436. The summed E-state index contributed by atoms with van der Waals surface area (Å²) >= 11 is 0. The maximum Gasteiger partial charge on any atom is 0.320 e. The van der Waals surface area contributed by atoms with Crippen molar-refractivity contribution in [1.82, 2.24) is 0 Å². The maximum atomic E-state index is 11.2. The van der Waals surface area contributed by atoms with Gasteiger partial charge in [-0.2, -0.15) is 0 Å². The van der Waals surface area contributed by atoms with Gasteiger partial charge in [0.15, 0.2) is 0 Å². The molecule has 0 amide bonds. The van der Waals surface area contributed by atoms with E-state index in [1.54, 1.807) is 0 Å². The summed E-state index contributed by atoms with van der Waals surface area (Å²) in [5.74, 6) is -1.72. The van der Waals surface area contributed by atoms with Crippen LogP contribution in [0, 0.1) is 5.92 Å². The van der Waals surface area contributed by atoms with Crippen LogP contribution in [0.25, 0.3) is 0 Å². The van der Waals surface area contributed by atoms with Crippen molar-refractivity contribution in [3.8, 4) is 0 Å². The van der Waals surface area contributed by atoms with Crippen LogP contribution in [0.2, 0.25) is 0 Å². The van der Waals surface area contributed by atoms with E-state index in [0.717, 1.165) is 19.3 Å². The van der Waals surface area contributed by atoms with Gasteiger partial charge >= 0.3 is 11.9 Å². The Morgan fingerprint density at radius 2 is 1.86 bits per heavy atom. The van der Waals surface area contributed by atoms with Crippen LogP contribution >= 0.6 is 0 Å². The molecule has 1 saturated heterocycles. The second-order valence-electron chi connectivity index (χ2n) is 4.08. The third-order valence-corrected chi connectivity index (χ3v) is 3.03. The highest BCUT2D eigenvalue weighted by Crippen LogP contribution is 2.39. The number of hydrogen-bond donors (Lipinski definition) is 0. The number of rotatable bonds is 0. The van der Waals surface area contributed by atoms with E-state index in [1.807, 2.05) is 6.92 Å². The summed E-state index contributed by atoms with van der Waals surface area (Å²) in [7, 11) is 0. The molecule has 0 aromatic rings. The molecule has 14 heavy (non-hydrogen) atoms. The molecule has 78 valence electrons. The van der Waals surface area contributed by atoms with Gasteiger partial charge in [-0.1, -0.05) is 13.3 Å². The van der Waals surface area contributed by atoms with Crippen LogP contribution in [0.15, 0.2) is 0 Å². The SMILES string of the molecule is CC1CCCCC12OC(=O)CC(=O)O2. The van der Waals surface area contributed by atoms with E-state index in [0.29, 0.717) is 6.42 Å². The monoisotopic (exact) mass is 198 g/mol. The molecule has 2 fully saturated rings. The lowest BCUT2D eigenvalue weighted by molar-refractivity contribution is -0.269. The molecule has 0 N–H and O–H groups in total. The number of esters is 2. The molecule has 0 aromatic heterocycles. The van der Waals surface area contributed by atoms with Crippen LogP contribution in [-0.4, -0.2) is 17.7 Å². The summed E-state index contributed by atoms with van der Waals surface area (Å²) < 4.78 is 10.4. The first kappa shape index (κ1) is 9.49. The first-order valence-electron chi connectivity index (χ1n) is 5.06. The van der Waals surface area contributed by atoms with Crippen LogP contribution < -0.4 is 0 Å². The molecule has 1 heterocycles. The molecular weight excluding hydrogens is 184 g/mol. The summed E-state index contributed by atoms with van der Waals surface area (Å²) in [6.45, 7) is 1.96. The lowest BCUT2D eigenvalue weighted by atomic mass is 9.84. The molecule has 1 spiro atoms. The maximum absolute atomic E-state index is 11.2. The van der Waals surface area contributed by atoms with Gasteiger partial charge in [-0.25, -0.2) is 0 Å². The lowest BCUT2D eigenvalue weighted by Gasteiger charge is -2.42. The molecule has 2 aliphatic rings. The van der Waals surface area contributed by atoms with Crippen molar-refractivity contribution in [3.63, 3.8) is 0 Å². The van der Waals surface area contributed by atoms with E-state index < -0.39 is 17.7 Å². The Labute approximate surface area is 82.6 Å². The highest BCUT2D eigenvalue weighted by molar-refractivity contribution is 5.93. The van der Waals surface area contributed by atoms with Gasteiger partial charge in [0.1, 0.15) is 6.42 Å². The minimum Gasteiger partial charge on any atom is -0.422 e. The molecule has 4 heteroatoms. The smallest absolute Gasteiger partial charge is 0.320 e. The first-order valence-corrected chi connectivity index (χ1v) is 5.06. The Bertz CT molecular complexity index is 255. The van der Waals surface area contributed by atoms with Crippen molar-refractivity contribution in [2.24, 2.45) is 5.92 Å². The zero-order valence-corrected chi connectivity index (χ0v) is 8.25. The Morgan fingerprint density at radius 1 is 1.21 bits per heavy atom. The van der Waals surface area contributed by atoms with Crippen molar-refractivity contribution in [2.45, 2.75) is 44.8 Å². The fourth-order valence-corrected chi connectivity index (χ4v) is 2.19. The number of hydrogen-bond acceptors (Lipinski definition) is 4. The molecule has 1 unspecified atom stereocenters. The van der Waals surface area contributed by atoms with Crippen LogP contribution in [-0.2, 0) is 19.1 Å². The molecule has 1 atom stereocenters. The van der Waals surface area contributed by atoms with Crippen molar-refractivity contribution in [1.29, 1.82) is 0 Å². The Kier molecular flexibility index (Phi) is 2.21. The summed E-state index contributed by atoms with van der Waals surface area (Å²) in [6, 6.07) is 0. The molecule has 0 aromatic carbocycles. The van der Waals surface area contributed by atoms with Crippen LogP contribution in [0.5, 0.6) is 0 Å². The van der Waals surface area contributed by atoms with Gasteiger partial charge in [-0.3, -0.25) is 9.59 Å². The average Bonchev–Trinajstić information content (AvgIpc) is 2.08. The Hall–Kier alpha value is -1.06. The minimum absolute atomic E-state index is 0.115. The third-order valence-electron chi connectivity index (χ3n) is 3.03. The predicted octanol–water partition coefficient (Wildman–Crippen LogP) is 1.38. The molecule has 1 aliphatic heterocycles. The van der Waals surface area contributed by atoms with Gasteiger partial charge in [0.2, 0.25) is 0 Å². The van der Waals surface area contributed by atoms with Crippen LogP contribution in [0.4, 0.5) is 0 Å². The second kappa shape index (κ2) is 3.26. The van der Waals surface area contributed by atoms with Gasteiger partial charge in [0.25, 0.3) is 5.79 Å². The molecule has 0 radical (unpaired) electrons. The van der Waals surface area contributed by atoms with E-state index in [2.05, 4.69) is 0 Å². The predicted molar refractivity (Wildman–Crippen MR) is 47.2 cm³/mol. The zero-order chi connectivity index (χ0) is 10.2. The summed E-state index contributed by atoms with van der Waals surface area (Å²) in [5.41, 5.74) is 0.